The Morgan fingerprint density at radius 2 is 1.79 bits per heavy atom. The molecular formula is C12H25ClO5S. The van der Waals surface area contributed by atoms with Crippen molar-refractivity contribution in [2.24, 2.45) is 5.92 Å². The molecule has 1 atom stereocenters. The lowest BCUT2D eigenvalue weighted by molar-refractivity contribution is 0.0290. The van der Waals surface area contributed by atoms with Crippen LogP contribution in [0.25, 0.3) is 0 Å². The summed E-state index contributed by atoms with van der Waals surface area (Å²) in [6.07, 6.45) is 2.56. The second-order valence-electron chi connectivity index (χ2n) is 4.39. The Hall–Kier alpha value is 0.120. The van der Waals surface area contributed by atoms with Crippen molar-refractivity contribution in [2.45, 2.75) is 26.2 Å². The third kappa shape index (κ3) is 14.3. The Balaban J connectivity index is 3.59. The Kier molecular flexibility index (Phi) is 12.0. The van der Waals surface area contributed by atoms with E-state index in [1.54, 1.807) is 7.11 Å². The first-order chi connectivity index (χ1) is 8.99. The molecule has 0 fully saturated rings. The lowest BCUT2D eigenvalue weighted by atomic mass is 10.1. The fourth-order valence-electron chi connectivity index (χ4n) is 1.68. The van der Waals surface area contributed by atoms with Crippen molar-refractivity contribution in [3.63, 3.8) is 0 Å². The van der Waals surface area contributed by atoms with Crippen molar-refractivity contribution in [1.29, 1.82) is 0 Å². The highest BCUT2D eigenvalue weighted by atomic mass is 35.7. The molecule has 0 aromatic rings. The van der Waals surface area contributed by atoms with Gasteiger partial charge in [0.25, 0.3) is 0 Å². The van der Waals surface area contributed by atoms with Gasteiger partial charge in [0.15, 0.2) is 0 Å². The fraction of sp³-hybridized carbons (Fsp3) is 1.00. The molecule has 0 rings (SSSR count). The van der Waals surface area contributed by atoms with Crippen molar-refractivity contribution in [2.75, 3.05) is 45.9 Å². The first kappa shape index (κ1) is 19.1. The summed E-state index contributed by atoms with van der Waals surface area (Å²) in [5, 5.41) is 0. The van der Waals surface area contributed by atoms with Gasteiger partial charge in [-0.05, 0) is 18.8 Å². The van der Waals surface area contributed by atoms with Crippen LogP contribution >= 0.6 is 10.7 Å². The average molecular weight is 317 g/mol. The molecule has 19 heavy (non-hydrogen) atoms. The van der Waals surface area contributed by atoms with E-state index in [2.05, 4.69) is 0 Å². The smallest absolute Gasteiger partial charge is 0.232 e. The Labute approximate surface area is 121 Å². The predicted molar refractivity (Wildman–Crippen MR) is 76.2 cm³/mol. The van der Waals surface area contributed by atoms with Crippen LogP contribution in [0.15, 0.2) is 0 Å². The molecule has 0 N–H and O–H groups in total. The van der Waals surface area contributed by atoms with Gasteiger partial charge in [0.1, 0.15) is 0 Å². The largest absolute Gasteiger partial charge is 0.385 e. The first-order valence-corrected chi connectivity index (χ1v) is 9.04. The van der Waals surface area contributed by atoms with Crippen LogP contribution in [0, 0.1) is 5.92 Å². The van der Waals surface area contributed by atoms with E-state index in [-0.39, 0.29) is 11.7 Å². The van der Waals surface area contributed by atoms with Gasteiger partial charge in [0.05, 0.1) is 25.6 Å². The van der Waals surface area contributed by atoms with Crippen LogP contribution in [0.1, 0.15) is 26.2 Å². The molecule has 0 saturated carbocycles. The van der Waals surface area contributed by atoms with Gasteiger partial charge in [-0.15, -0.1) is 0 Å². The highest BCUT2D eigenvalue weighted by molar-refractivity contribution is 8.13. The monoisotopic (exact) mass is 316 g/mol. The lowest BCUT2D eigenvalue weighted by Gasteiger charge is -2.14. The fourth-order valence-corrected chi connectivity index (χ4v) is 3.04. The van der Waals surface area contributed by atoms with Crippen LogP contribution in [-0.2, 0) is 23.3 Å². The number of hydrogen-bond donors (Lipinski definition) is 0. The van der Waals surface area contributed by atoms with Crippen molar-refractivity contribution in [1.82, 2.24) is 0 Å². The number of ether oxygens (including phenoxy) is 3. The molecule has 1 unspecified atom stereocenters. The maximum absolute atomic E-state index is 11.0. The summed E-state index contributed by atoms with van der Waals surface area (Å²) < 4.78 is 37.7. The van der Waals surface area contributed by atoms with Crippen LogP contribution in [-0.4, -0.2) is 54.3 Å². The number of halogens is 1. The van der Waals surface area contributed by atoms with Crippen LogP contribution < -0.4 is 0 Å². The normalized spacial score (nSPS) is 13.6. The second kappa shape index (κ2) is 11.9. The van der Waals surface area contributed by atoms with Crippen LogP contribution in [0.3, 0.4) is 0 Å². The summed E-state index contributed by atoms with van der Waals surface area (Å²) in [5.41, 5.74) is 0. The molecule has 0 aliphatic carbocycles. The molecular weight excluding hydrogens is 292 g/mol. The van der Waals surface area contributed by atoms with Gasteiger partial charge in [0, 0.05) is 31.0 Å². The minimum Gasteiger partial charge on any atom is -0.385 e. The van der Waals surface area contributed by atoms with Crippen molar-refractivity contribution in [3.8, 4) is 0 Å². The van der Waals surface area contributed by atoms with Gasteiger partial charge in [0.2, 0.25) is 9.05 Å². The zero-order chi connectivity index (χ0) is 14.6. The number of methoxy groups -OCH3 is 1. The van der Waals surface area contributed by atoms with Crippen LogP contribution in [0.4, 0.5) is 0 Å². The standard InChI is InChI=1S/C12H25ClO5S/c1-3-5-12(11-19(13,14)15)10-18-9-8-17-7-4-6-16-2/h12H,3-11H2,1-2H3. The number of rotatable bonds is 13. The molecule has 5 nitrogen and oxygen atoms in total. The van der Waals surface area contributed by atoms with Crippen LogP contribution in [0.5, 0.6) is 0 Å². The summed E-state index contributed by atoms with van der Waals surface area (Å²) in [5.74, 6) is -0.0714. The van der Waals surface area contributed by atoms with Gasteiger partial charge in [-0.1, -0.05) is 13.3 Å². The van der Waals surface area contributed by atoms with E-state index in [1.807, 2.05) is 6.92 Å². The molecule has 0 radical (unpaired) electrons. The first-order valence-electron chi connectivity index (χ1n) is 6.56. The van der Waals surface area contributed by atoms with Crippen molar-refractivity contribution >= 4 is 19.7 Å². The van der Waals surface area contributed by atoms with E-state index in [4.69, 9.17) is 24.9 Å². The molecule has 0 heterocycles. The highest BCUT2D eigenvalue weighted by Crippen LogP contribution is 2.12. The van der Waals surface area contributed by atoms with E-state index in [0.29, 0.717) is 33.0 Å². The Bertz CT molecular complexity index is 294. The molecule has 0 saturated heterocycles. The molecule has 7 heteroatoms. The maximum atomic E-state index is 11.0. The molecule has 0 aliphatic heterocycles. The highest BCUT2D eigenvalue weighted by Gasteiger charge is 2.16. The maximum Gasteiger partial charge on any atom is 0.232 e. The van der Waals surface area contributed by atoms with Gasteiger partial charge < -0.3 is 14.2 Å². The molecule has 0 amide bonds. The SMILES string of the molecule is CCCC(COCCOCCCOC)CS(=O)(=O)Cl. The predicted octanol–water partition coefficient (Wildman–Crippen LogP) is 2.04. The molecule has 0 spiro atoms. The van der Waals surface area contributed by atoms with Crippen LogP contribution in [0.2, 0.25) is 0 Å². The van der Waals surface area contributed by atoms with Gasteiger partial charge >= 0.3 is 0 Å². The minimum atomic E-state index is -3.46. The third-order valence-corrected chi connectivity index (χ3v) is 3.74. The topological polar surface area (TPSA) is 61.8 Å². The van der Waals surface area contributed by atoms with E-state index in [1.165, 1.54) is 0 Å². The van der Waals surface area contributed by atoms with Gasteiger partial charge in [-0.2, -0.15) is 0 Å². The Morgan fingerprint density at radius 3 is 2.37 bits per heavy atom. The lowest BCUT2D eigenvalue weighted by Crippen LogP contribution is -2.19. The summed E-state index contributed by atoms with van der Waals surface area (Å²) in [4.78, 5) is 0. The molecule has 0 aliphatic rings. The zero-order valence-electron chi connectivity index (χ0n) is 11.8. The van der Waals surface area contributed by atoms with E-state index in [0.717, 1.165) is 19.3 Å². The molecule has 116 valence electrons. The molecule has 0 aromatic heterocycles. The van der Waals surface area contributed by atoms with E-state index >= 15 is 0 Å². The van der Waals surface area contributed by atoms with Crippen molar-refractivity contribution in [3.05, 3.63) is 0 Å². The number of hydrogen-bond acceptors (Lipinski definition) is 5. The third-order valence-electron chi connectivity index (χ3n) is 2.49. The summed E-state index contributed by atoms with van der Waals surface area (Å²) in [7, 11) is 3.45. The summed E-state index contributed by atoms with van der Waals surface area (Å²) in [6.45, 7) is 4.72. The van der Waals surface area contributed by atoms with Gasteiger partial charge in [-0.25, -0.2) is 8.42 Å². The van der Waals surface area contributed by atoms with E-state index in [9.17, 15) is 8.42 Å². The molecule has 0 bridgehead atoms. The van der Waals surface area contributed by atoms with E-state index < -0.39 is 9.05 Å². The quantitative estimate of drug-likeness (QED) is 0.384. The Morgan fingerprint density at radius 1 is 1.11 bits per heavy atom. The van der Waals surface area contributed by atoms with Gasteiger partial charge in [-0.3, -0.25) is 0 Å². The van der Waals surface area contributed by atoms with Crippen molar-refractivity contribution < 1.29 is 22.6 Å². The minimum absolute atomic E-state index is 0.0307. The summed E-state index contributed by atoms with van der Waals surface area (Å²) >= 11 is 0. The molecule has 0 aromatic carbocycles. The average Bonchev–Trinajstić information content (AvgIpc) is 2.31. The summed E-state index contributed by atoms with van der Waals surface area (Å²) in [6, 6.07) is 0. The second-order valence-corrected chi connectivity index (χ2v) is 7.22. The zero-order valence-corrected chi connectivity index (χ0v) is 13.3.